The van der Waals surface area contributed by atoms with E-state index in [0.717, 1.165) is 42.0 Å². The molecule has 0 unspecified atom stereocenters. The molecule has 1 aliphatic heterocycles. The molecule has 0 spiro atoms. The number of anilines is 2. The van der Waals surface area contributed by atoms with Crippen molar-refractivity contribution in [3.63, 3.8) is 0 Å². The summed E-state index contributed by atoms with van der Waals surface area (Å²) < 4.78 is 0.841. The number of piperazine rings is 1. The van der Waals surface area contributed by atoms with Crippen LogP contribution < -0.4 is 15.5 Å². The highest BCUT2D eigenvalue weighted by atomic mass is 35.5. The Bertz CT molecular complexity index is 1160. The first-order valence-electron chi connectivity index (χ1n) is 9.55. The second-order valence-electron chi connectivity index (χ2n) is 7.25. The Morgan fingerprint density at radius 1 is 1.06 bits per heavy atom. The van der Waals surface area contributed by atoms with Crippen LogP contribution in [0.5, 0.6) is 0 Å². The van der Waals surface area contributed by atoms with E-state index >= 15 is 0 Å². The van der Waals surface area contributed by atoms with Crippen LogP contribution in [0, 0.1) is 0 Å². The fraction of sp³-hybridized carbons (Fsp3) is 0.238. The van der Waals surface area contributed by atoms with Crippen LogP contribution in [-0.4, -0.2) is 49.1 Å². The van der Waals surface area contributed by atoms with Gasteiger partial charge in [0.2, 0.25) is 0 Å². The molecule has 4 rings (SSSR count). The molecule has 1 aromatic heterocycles. The summed E-state index contributed by atoms with van der Waals surface area (Å²) in [4.78, 5) is 17.6. The standard InChI is InChI=1S/C21H19Cl3N4OS2/c1-27-6-8-28(9-7-27)16-5-3-13(11-15(16)23)25-21(30)26-20(29)19-18(24)14-4-2-12(22)10-17(14)31-19/h2-5,10-11H,6-9H2,1H3,(H2,25,26,29,30). The van der Waals surface area contributed by atoms with E-state index in [2.05, 4.69) is 27.5 Å². The summed E-state index contributed by atoms with van der Waals surface area (Å²) in [5.74, 6) is -0.375. The number of carbonyl (C=O) groups excluding carboxylic acids is 1. The summed E-state index contributed by atoms with van der Waals surface area (Å²) in [7, 11) is 2.11. The average Bonchev–Trinajstić information content (AvgIpc) is 3.04. The third kappa shape index (κ3) is 5.08. The summed E-state index contributed by atoms with van der Waals surface area (Å²) in [6.45, 7) is 3.86. The lowest BCUT2D eigenvalue weighted by molar-refractivity contribution is 0.0982. The van der Waals surface area contributed by atoms with Crippen LogP contribution in [0.25, 0.3) is 10.1 Å². The molecule has 31 heavy (non-hydrogen) atoms. The number of rotatable bonds is 3. The number of carbonyl (C=O) groups is 1. The van der Waals surface area contributed by atoms with Crippen molar-refractivity contribution in [2.45, 2.75) is 0 Å². The Kier molecular flexibility index (Phi) is 6.91. The minimum absolute atomic E-state index is 0.167. The maximum Gasteiger partial charge on any atom is 0.269 e. The van der Waals surface area contributed by atoms with Gasteiger partial charge in [-0.05, 0) is 49.6 Å². The minimum atomic E-state index is -0.375. The summed E-state index contributed by atoms with van der Waals surface area (Å²) >= 11 is 25.5. The van der Waals surface area contributed by atoms with Gasteiger partial charge in [0, 0.05) is 47.0 Å². The molecule has 1 aliphatic rings. The summed E-state index contributed by atoms with van der Waals surface area (Å²) in [5, 5.41) is 8.25. The topological polar surface area (TPSA) is 47.6 Å². The highest BCUT2D eigenvalue weighted by Crippen LogP contribution is 2.36. The van der Waals surface area contributed by atoms with E-state index in [1.807, 2.05) is 18.2 Å². The van der Waals surface area contributed by atoms with E-state index in [1.54, 1.807) is 18.2 Å². The largest absolute Gasteiger partial charge is 0.368 e. The number of fused-ring (bicyclic) bond motifs is 1. The number of nitrogens with one attached hydrogen (secondary N) is 2. The van der Waals surface area contributed by atoms with Gasteiger partial charge in [0.1, 0.15) is 4.88 Å². The fourth-order valence-corrected chi connectivity index (χ4v) is 5.59. The third-order valence-electron chi connectivity index (χ3n) is 5.07. The average molecular weight is 514 g/mol. The number of likely N-dealkylation sites (N-methyl/N-ethyl adjacent to an activating group) is 1. The van der Waals surface area contributed by atoms with Crippen LogP contribution in [0.15, 0.2) is 36.4 Å². The molecule has 0 aliphatic carbocycles. The lowest BCUT2D eigenvalue weighted by atomic mass is 10.2. The van der Waals surface area contributed by atoms with Gasteiger partial charge >= 0.3 is 0 Å². The van der Waals surface area contributed by atoms with Gasteiger partial charge in [-0.3, -0.25) is 10.1 Å². The molecule has 10 heteroatoms. The highest BCUT2D eigenvalue weighted by molar-refractivity contribution is 7.80. The molecule has 162 valence electrons. The first kappa shape index (κ1) is 22.6. The zero-order valence-corrected chi connectivity index (χ0v) is 20.4. The van der Waals surface area contributed by atoms with Gasteiger partial charge in [-0.1, -0.05) is 40.9 Å². The summed E-state index contributed by atoms with van der Waals surface area (Å²) in [6, 6.07) is 11.0. The van der Waals surface area contributed by atoms with Crippen molar-refractivity contribution in [2.24, 2.45) is 0 Å². The number of nitrogens with zero attached hydrogens (tertiary/aromatic N) is 2. The van der Waals surface area contributed by atoms with Crippen molar-refractivity contribution in [1.29, 1.82) is 0 Å². The number of amides is 1. The van der Waals surface area contributed by atoms with E-state index in [-0.39, 0.29) is 11.0 Å². The molecule has 2 N–H and O–H groups in total. The molecule has 1 fully saturated rings. The SMILES string of the molecule is CN1CCN(c2ccc(NC(=S)NC(=O)c3sc4cc(Cl)ccc4c3Cl)cc2Cl)CC1. The molecular formula is C21H19Cl3N4OS2. The molecule has 1 saturated heterocycles. The second-order valence-corrected chi connectivity index (χ2v) is 9.93. The first-order chi connectivity index (χ1) is 14.8. The van der Waals surface area contributed by atoms with Crippen molar-refractivity contribution < 1.29 is 4.79 Å². The zero-order chi connectivity index (χ0) is 22.1. The predicted molar refractivity (Wildman–Crippen MR) is 137 cm³/mol. The van der Waals surface area contributed by atoms with Gasteiger partial charge in [0.05, 0.1) is 15.7 Å². The number of thiocarbonyl (C=S) groups is 1. The van der Waals surface area contributed by atoms with E-state index in [9.17, 15) is 4.79 Å². The second kappa shape index (κ2) is 9.48. The minimum Gasteiger partial charge on any atom is -0.368 e. The Labute approximate surface area is 204 Å². The molecule has 3 aromatic rings. The van der Waals surface area contributed by atoms with E-state index in [0.29, 0.717) is 25.6 Å². The van der Waals surface area contributed by atoms with Crippen LogP contribution in [0.2, 0.25) is 15.1 Å². The van der Waals surface area contributed by atoms with Crippen molar-refractivity contribution in [1.82, 2.24) is 10.2 Å². The Morgan fingerprint density at radius 2 is 1.81 bits per heavy atom. The Balaban J connectivity index is 1.42. The molecule has 5 nitrogen and oxygen atoms in total. The quantitative estimate of drug-likeness (QED) is 0.437. The van der Waals surface area contributed by atoms with Crippen LogP contribution in [0.1, 0.15) is 9.67 Å². The molecule has 2 aromatic carbocycles. The molecular weight excluding hydrogens is 495 g/mol. The number of benzene rings is 2. The van der Waals surface area contributed by atoms with Gasteiger partial charge in [0.15, 0.2) is 5.11 Å². The maximum atomic E-state index is 12.7. The van der Waals surface area contributed by atoms with Gasteiger partial charge in [-0.15, -0.1) is 11.3 Å². The monoisotopic (exact) mass is 512 g/mol. The van der Waals surface area contributed by atoms with Crippen LogP contribution >= 0.6 is 58.4 Å². The van der Waals surface area contributed by atoms with Crippen molar-refractivity contribution in [3.8, 4) is 0 Å². The van der Waals surface area contributed by atoms with Crippen LogP contribution in [0.3, 0.4) is 0 Å². The van der Waals surface area contributed by atoms with Crippen molar-refractivity contribution in [3.05, 3.63) is 56.3 Å². The van der Waals surface area contributed by atoms with Crippen LogP contribution in [0.4, 0.5) is 11.4 Å². The molecule has 0 saturated carbocycles. The number of hydrogen-bond donors (Lipinski definition) is 2. The van der Waals surface area contributed by atoms with E-state index < -0.39 is 0 Å². The third-order valence-corrected chi connectivity index (χ3v) is 7.47. The number of hydrogen-bond acceptors (Lipinski definition) is 5. The molecule has 0 radical (unpaired) electrons. The fourth-order valence-electron chi connectivity index (χ4n) is 3.40. The Morgan fingerprint density at radius 3 is 2.52 bits per heavy atom. The molecule has 0 bridgehead atoms. The first-order valence-corrected chi connectivity index (χ1v) is 11.9. The molecule has 2 heterocycles. The van der Waals surface area contributed by atoms with Gasteiger partial charge in [0.25, 0.3) is 5.91 Å². The normalized spacial score (nSPS) is 14.6. The van der Waals surface area contributed by atoms with Gasteiger partial charge in [-0.25, -0.2) is 0 Å². The van der Waals surface area contributed by atoms with Crippen LogP contribution in [-0.2, 0) is 0 Å². The van der Waals surface area contributed by atoms with Gasteiger partial charge < -0.3 is 15.1 Å². The molecule has 0 atom stereocenters. The smallest absolute Gasteiger partial charge is 0.269 e. The van der Waals surface area contributed by atoms with Gasteiger partial charge in [-0.2, -0.15) is 0 Å². The van der Waals surface area contributed by atoms with E-state index in [4.69, 9.17) is 47.0 Å². The predicted octanol–water partition coefficient (Wildman–Crippen LogP) is 5.74. The Hall–Kier alpha value is -1.61. The lowest BCUT2D eigenvalue weighted by Gasteiger charge is -2.34. The lowest BCUT2D eigenvalue weighted by Crippen LogP contribution is -2.44. The van der Waals surface area contributed by atoms with Crippen molar-refractivity contribution in [2.75, 3.05) is 43.4 Å². The number of halogens is 3. The number of thiophene rings is 1. The summed E-state index contributed by atoms with van der Waals surface area (Å²) in [5.41, 5.74) is 1.69. The maximum absolute atomic E-state index is 12.7. The highest BCUT2D eigenvalue weighted by Gasteiger charge is 2.19. The van der Waals surface area contributed by atoms with Crippen molar-refractivity contribution >= 4 is 90.8 Å². The molecule has 1 amide bonds. The zero-order valence-electron chi connectivity index (χ0n) is 16.5. The van der Waals surface area contributed by atoms with E-state index in [1.165, 1.54) is 11.3 Å². The summed E-state index contributed by atoms with van der Waals surface area (Å²) in [6.07, 6.45) is 0.